The van der Waals surface area contributed by atoms with E-state index in [2.05, 4.69) is 15.8 Å². The number of hydrogen-bond donors (Lipinski definition) is 2. The van der Waals surface area contributed by atoms with Gasteiger partial charge in [0, 0.05) is 29.3 Å². The molecule has 0 bridgehead atoms. The molecule has 0 aromatic heterocycles. The summed E-state index contributed by atoms with van der Waals surface area (Å²) in [4.78, 5) is 36.1. The highest BCUT2D eigenvalue weighted by Gasteiger charge is 2.15. The maximum atomic E-state index is 13.0. The number of hydrazone groups is 1. The Hall–Kier alpha value is -5.19. The molecule has 11 nitrogen and oxygen atoms in total. The lowest BCUT2D eigenvalue weighted by molar-refractivity contribution is -0.384. The fourth-order valence-electron chi connectivity index (χ4n) is 3.18. The van der Waals surface area contributed by atoms with E-state index in [4.69, 9.17) is 14.2 Å². The van der Waals surface area contributed by atoms with E-state index in [1.807, 2.05) is 0 Å². The standard InChI is InChI=1S/C26H24N4O7/c1-35-22-15-24(37-3)23(36-2)14-19(22)16-27-29-26(32)21(28-25(31)18-7-5-4-6-8-18)13-17-9-11-20(12-10-17)30(33)34/h4-16H,1-3H3,(H,28,31)(H,29,32)/b21-13-,27-16+. The maximum absolute atomic E-state index is 13.0. The third-order valence-corrected chi connectivity index (χ3v) is 5.05. The van der Waals surface area contributed by atoms with Crippen molar-refractivity contribution in [2.75, 3.05) is 21.3 Å². The van der Waals surface area contributed by atoms with Crippen LogP contribution in [0.4, 0.5) is 5.69 Å². The van der Waals surface area contributed by atoms with Crippen molar-refractivity contribution in [3.05, 3.63) is 99.2 Å². The van der Waals surface area contributed by atoms with Gasteiger partial charge in [0.1, 0.15) is 11.4 Å². The van der Waals surface area contributed by atoms with Crippen molar-refractivity contribution < 1.29 is 28.7 Å². The Morgan fingerprint density at radius 2 is 1.51 bits per heavy atom. The minimum absolute atomic E-state index is 0.107. The van der Waals surface area contributed by atoms with Gasteiger partial charge >= 0.3 is 0 Å². The molecule has 0 saturated heterocycles. The summed E-state index contributed by atoms with van der Waals surface area (Å²) in [5.41, 5.74) is 3.42. The molecule has 0 fully saturated rings. The number of nitro benzene ring substituents is 1. The maximum Gasteiger partial charge on any atom is 0.287 e. The van der Waals surface area contributed by atoms with E-state index in [1.54, 1.807) is 42.5 Å². The van der Waals surface area contributed by atoms with Gasteiger partial charge in [0.05, 0.1) is 32.5 Å². The van der Waals surface area contributed by atoms with Gasteiger partial charge in [0.2, 0.25) is 0 Å². The smallest absolute Gasteiger partial charge is 0.287 e. The van der Waals surface area contributed by atoms with Crippen LogP contribution in [0.2, 0.25) is 0 Å². The number of non-ortho nitro benzene ring substituents is 1. The third kappa shape index (κ3) is 6.92. The highest BCUT2D eigenvalue weighted by atomic mass is 16.6. The second kappa shape index (κ2) is 12.5. The molecule has 37 heavy (non-hydrogen) atoms. The lowest BCUT2D eigenvalue weighted by Gasteiger charge is -2.12. The molecule has 2 amide bonds. The van der Waals surface area contributed by atoms with Crippen molar-refractivity contribution in [3.63, 3.8) is 0 Å². The fraction of sp³-hybridized carbons (Fsp3) is 0.115. The Kier molecular flexibility index (Phi) is 8.92. The van der Waals surface area contributed by atoms with E-state index in [-0.39, 0.29) is 11.4 Å². The van der Waals surface area contributed by atoms with E-state index in [9.17, 15) is 19.7 Å². The molecule has 3 aromatic rings. The molecule has 3 rings (SSSR count). The Balaban J connectivity index is 1.87. The lowest BCUT2D eigenvalue weighted by atomic mass is 10.1. The Labute approximate surface area is 212 Å². The molecule has 190 valence electrons. The van der Waals surface area contributed by atoms with E-state index in [0.29, 0.717) is 33.9 Å². The third-order valence-electron chi connectivity index (χ3n) is 5.05. The Bertz CT molecular complexity index is 1340. The lowest BCUT2D eigenvalue weighted by Crippen LogP contribution is -2.32. The van der Waals surface area contributed by atoms with Crippen LogP contribution >= 0.6 is 0 Å². The van der Waals surface area contributed by atoms with Gasteiger partial charge in [-0.25, -0.2) is 5.43 Å². The summed E-state index contributed by atoms with van der Waals surface area (Å²) in [6.45, 7) is 0. The van der Waals surface area contributed by atoms with Gasteiger partial charge in [0.25, 0.3) is 17.5 Å². The molecule has 0 aliphatic rings. The predicted octanol–water partition coefficient (Wildman–Crippen LogP) is 3.54. The number of nitro groups is 1. The largest absolute Gasteiger partial charge is 0.496 e. The number of benzene rings is 3. The minimum atomic E-state index is -0.724. The zero-order valence-corrected chi connectivity index (χ0v) is 20.3. The first-order valence-corrected chi connectivity index (χ1v) is 10.8. The summed E-state index contributed by atoms with van der Waals surface area (Å²) in [5.74, 6) is 0.0740. The monoisotopic (exact) mass is 504 g/mol. The van der Waals surface area contributed by atoms with E-state index >= 15 is 0 Å². The average Bonchev–Trinajstić information content (AvgIpc) is 2.92. The van der Waals surface area contributed by atoms with Crippen molar-refractivity contribution in [1.82, 2.24) is 10.7 Å². The molecule has 0 spiro atoms. The first-order valence-electron chi connectivity index (χ1n) is 10.8. The van der Waals surface area contributed by atoms with Crippen LogP contribution in [0.25, 0.3) is 6.08 Å². The van der Waals surface area contributed by atoms with Gasteiger partial charge in [-0.3, -0.25) is 19.7 Å². The fourth-order valence-corrected chi connectivity index (χ4v) is 3.18. The predicted molar refractivity (Wildman–Crippen MR) is 137 cm³/mol. The highest BCUT2D eigenvalue weighted by molar-refractivity contribution is 6.05. The van der Waals surface area contributed by atoms with Crippen molar-refractivity contribution in [3.8, 4) is 17.2 Å². The normalized spacial score (nSPS) is 11.1. The van der Waals surface area contributed by atoms with E-state index in [1.165, 1.54) is 57.9 Å². The number of carbonyl (C=O) groups excluding carboxylic acids is 2. The molecule has 0 atom stereocenters. The van der Waals surface area contributed by atoms with Crippen LogP contribution in [0.3, 0.4) is 0 Å². The molecule has 0 unspecified atom stereocenters. The number of nitrogens with zero attached hydrogens (tertiary/aromatic N) is 2. The molecule has 0 aliphatic carbocycles. The summed E-state index contributed by atoms with van der Waals surface area (Å²) in [6, 6.07) is 17.1. The van der Waals surface area contributed by atoms with Crippen LogP contribution in [-0.2, 0) is 4.79 Å². The van der Waals surface area contributed by atoms with E-state index < -0.39 is 16.7 Å². The molecule has 3 aromatic carbocycles. The average molecular weight is 504 g/mol. The van der Waals surface area contributed by atoms with Gasteiger partial charge in [-0.15, -0.1) is 0 Å². The number of methoxy groups -OCH3 is 3. The Morgan fingerprint density at radius 1 is 0.892 bits per heavy atom. The zero-order chi connectivity index (χ0) is 26.8. The molecule has 11 heteroatoms. The number of nitrogens with one attached hydrogen (secondary N) is 2. The summed E-state index contributed by atoms with van der Waals surface area (Å²) < 4.78 is 15.9. The van der Waals surface area contributed by atoms with Gasteiger partial charge in [0.15, 0.2) is 11.5 Å². The van der Waals surface area contributed by atoms with E-state index in [0.717, 1.165) is 0 Å². The van der Waals surface area contributed by atoms with Crippen molar-refractivity contribution in [2.24, 2.45) is 5.10 Å². The molecular weight excluding hydrogens is 480 g/mol. The van der Waals surface area contributed by atoms with Crippen LogP contribution in [0.15, 0.2) is 77.5 Å². The van der Waals surface area contributed by atoms with Crippen LogP contribution in [0.1, 0.15) is 21.5 Å². The molecular formula is C26H24N4O7. The number of ether oxygens (including phenoxy) is 3. The summed E-state index contributed by atoms with van der Waals surface area (Å²) in [5, 5.41) is 17.5. The second-order valence-electron chi connectivity index (χ2n) is 7.38. The topological polar surface area (TPSA) is 141 Å². The molecule has 0 saturated carbocycles. The molecule has 0 heterocycles. The highest BCUT2D eigenvalue weighted by Crippen LogP contribution is 2.33. The number of rotatable bonds is 10. The first kappa shape index (κ1) is 26.4. The summed E-state index contributed by atoms with van der Waals surface area (Å²) in [6.07, 6.45) is 2.73. The van der Waals surface area contributed by atoms with Gasteiger partial charge in [-0.2, -0.15) is 5.10 Å². The van der Waals surface area contributed by atoms with Crippen LogP contribution in [0, 0.1) is 10.1 Å². The van der Waals surface area contributed by atoms with Crippen LogP contribution in [0.5, 0.6) is 17.2 Å². The van der Waals surface area contributed by atoms with Crippen LogP contribution < -0.4 is 25.0 Å². The summed E-state index contributed by atoms with van der Waals surface area (Å²) >= 11 is 0. The first-order chi connectivity index (χ1) is 17.9. The number of amides is 2. The number of hydrogen-bond acceptors (Lipinski definition) is 8. The second-order valence-corrected chi connectivity index (χ2v) is 7.38. The van der Waals surface area contributed by atoms with Gasteiger partial charge in [-0.05, 0) is 42.0 Å². The van der Waals surface area contributed by atoms with Gasteiger partial charge in [-0.1, -0.05) is 18.2 Å². The summed E-state index contributed by atoms with van der Waals surface area (Å²) in [7, 11) is 4.45. The minimum Gasteiger partial charge on any atom is -0.496 e. The van der Waals surface area contributed by atoms with Gasteiger partial charge < -0.3 is 19.5 Å². The Morgan fingerprint density at radius 3 is 2.11 bits per heavy atom. The van der Waals surface area contributed by atoms with Crippen LogP contribution in [-0.4, -0.2) is 44.3 Å². The molecule has 2 N–H and O–H groups in total. The zero-order valence-electron chi connectivity index (χ0n) is 20.3. The van der Waals surface area contributed by atoms with Crippen molar-refractivity contribution in [2.45, 2.75) is 0 Å². The van der Waals surface area contributed by atoms with Crippen molar-refractivity contribution >= 4 is 29.8 Å². The number of carbonyl (C=O) groups is 2. The SMILES string of the molecule is COc1cc(OC)c(OC)cc1/C=N/NC(=O)/C(=C/c1ccc([N+](=O)[O-])cc1)NC(=O)c1ccccc1. The molecule has 0 radical (unpaired) electrons. The van der Waals surface area contributed by atoms with Crippen molar-refractivity contribution in [1.29, 1.82) is 0 Å². The molecule has 0 aliphatic heterocycles. The quantitative estimate of drug-likeness (QED) is 0.186.